The van der Waals surface area contributed by atoms with Crippen molar-refractivity contribution < 1.29 is 4.79 Å². The predicted molar refractivity (Wildman–Crippen MR) is 73.5 cm³/mol. The largest absolute Gasteiger partial charge is 0.369 e. The fourth-order valence-electron chi connectivity index (χ4n) is 2.36. The maximum Gasteiger partial charge on any atom is 0.220 e. The van der Waals surface area contributed by atoms with E-state index in [2.05, 4.69) is 13.8 Å². The van der Waals surface area contributed by atoms with Crippen molar-refractivity contribution in [3.8, 4) is 0 Å². The molecule has 0 spiro atoms. The molecule has 102 valence electrons. The molecule has 4 N–H and O–H groups in total. The van der Waals surface area contributed by atoms with E-state index in [1.165, 1.54) is 25.7 Å². The third kappa shape index (κ3) is 7.37. The number of hydrogen-bond donors (Lipinski definition) is 2. The molecule has 0 aromatic rings. The summed E-state index contributed by atoms with van der Waals surface area (Å²) in [7, 11) is 0. The van der Waals surface area contributed by atoms with E-state index in [9.17, 15) is 4.79 Å². The number of unbranched alkanes of at least 4 members (excludes halogenated alkanes) is 4. The van der Waals surface area contributed by atoms with Gasteiger partial charge in [-0.05, 0) is 25.3 Å². The van der Waals surface area contributed by atoms with Crippen LogP contribution in [0.25, 0.3) is 0 Å². The Bertz CT molecular complexity index is 195. The molecule has 0 heterocycles. The summed E-state index contributed by atoms with van der Waals surface area (Å²) >= 11 is 0. The van der Waals surface area contributed by atoms with Gasteiger partial charge in [0.05, 0.1) is 0 Å². The molecular formula is C14H30N2O. The molecule has 2 unspecified atom stereocenters. The smallest absolute Gasteiger partial charge is 0.220 e. The fourth-order valence-corrected chi connectivity index (χ4v) is 2.36. The van der Waals surface area contributed by atoms with Gasteiger partial charge in [-0.2, -0.15) is 0 Å². The minimum Gasteiger partial charge on any atom is -0.369 e. The molecule has 0 bridgehead atoms. The average Bonchev–Trinajstić information content (AvgIpc) is 2.31. The first-order valence-corrected chi connectivity index (χ1v) is 7.16. The maximum absolute atomic E-state index is 11.5. The van der Waals surface area contributed by atoms with Crippen LogP contribution < -0.4 is 11.5 Å². The predicted octanol–water partition coefficient (Wildman–Crippen LogP) is 2.82. The molecule has 0 saturated carbocycles. The van der Waals surface area contributed by atoms with E-state index in [4.69, 9.17) is 11.5 Å². The van der Waals surface area contributed by atoms with E-state index in [-0.39, 0.29) is 17.7 Å². The summed E-state index contributed by atoms with van der Waals surface area (Å²) in [5.41, 5.74) is 11.3. The van der Waals surface area contributed by atoms with Gasteiger partial charge in [0.15, 0.2) is 0 Å². The van der Waals surface area contributed by atoms with Gasteiger partial charge >= 0.3 is 0 Å². The maximum atomic E-state index is 11.5. The summed E-state index contributed by atoms with van der Waals surface area (Å²) in [6.45, 7) is 4.94. The first-order chi connectivity index (χ1) is 8.17. The number of hydrogen-bond acceptors (Lipinski definition) is 2. The second kappa shape index (κ2) is 10.6. The molecule has 17 heavy (non-hydrogen) atoms. The van der Waals surface area contributed by atoms with Gasteiger partial charge in [-0.15, -0.1) is 0 Å². The Hall–Kier alpha value is -0.570. The Morgan fingerprint density at radius 2 is 1.53 bits per heavy atom. The van der Waals surface area contributed by atoms with Crippen LogP contribution in [0.1, 0.15) is 65.2 Å². The van der Waals surface area contributed by atoms with Crippen molar-refractivity contribution in [2.75, 3.05) is 6.54 Å². The number of amides is 1. The van der Waals surface area contributed by atoms with Gasteiger partial charge in [0.2, 0.25) is 5.91 Å². The highest BCUT2D eigenvalue weighted by molar-refractivity contribution is 5.76. The Labute approximate surface area is 106 Å². The molecule has 0 fully saturated rings. The molecule has 3 nitrogen and oxygen atoms in total. The molecule has 1 amide bonds. The Morgan fingerprint density at radius 1 is 1.00 bits per heavy atom. The van der Waals surface area contributed by atoms with E-state index in [1.54, 1.807) is 0 Å². The van der Waals surface area contributed by atoms with Gasteiger partial charge in [0, 0.05) is 5.92 Å². The molecule has 0 radical (unpaired) electrons. The summed E-state index contributed by atoms with van der Waals surface area (Å²) in [4.78, 5) is 11.5. The topological polar surface area (TPSA) is 69.1 Å². The number of rotatable bonds is 11. The van der Waals surface area contributed by atoms with Crippen molar-refractivity contribution in [1.29, 1.82) is 0 Å². The number of carbonyl (C=O) groups is 1. The van der Waals surface area contributed by atoms with Gasteiger partial charge in [-0.3, -0.25) is 4.79 Å². The zero-order valence-electron chi connectivity index (χ0n) is 11.6. The molecule has 2 atom stereocenters. The van der Waals surface area contributed by atoms with Gasteiger partial charge in [-0.1, -0.05) is 52.4 Å². The molecule has 0 rings (SSSR count). The highest BCUT2D eigenvalue weighted by atomic mass is 16.1. The van der Waals surface area contributed by atoms with Crippen molar-refractivity contribution in [2.45, 2.75) is 65.2 Å². The van der Waals surface area contributed by atoms with Crippen molar-refractivity contribution in [1.82, 2.24) is 0 Å². The normalized spacial score (nSPS) is 14.5. The summed E-state index contributed by atoms with van der Waals surface area (Å²) < 4.78 is 0. The van der Waals surface area contributed by atoms with Crippen LogP contribution in [-0.2, 0) is 4.79 Å². The highest BCUT2D eigenvalue weighted by Gasteiger charge is 2.24. The zero-order chi connectivity index (χ0) is 13.1. The summed E-state index contributed by atoms with van der Waals surface area (Å²) in [6, 6.07) is 0. The molecule has 0 saturated heterocycles. The fraction of sp³-hybridized carbons (Fsp3) is 0.929. The van der Waals surface area contributed by atoms with Gasteiger partial charge in [0.25, 0.3) is 0 Å². The molecule has 0 aliphatic rings. The van der Waals surface area contributed by atoms with Crippen LogP contribution >= 0.6 is 0 Å². The highest BCUT2D eigenvalue weighted by Crippen LogP contribution is 2.23. The average molecular weight is 242 g/mol. The quantitative estimate of drug-likeness (QED) is 0.547. The van der Waals surface area contributed by atoms with Crippen LogP contribution in [0.5, 0.6) is 0 Å². The Balaban J connectivity index is 4.16. The Morgan fingerprint density at radius 3 is 1.94 bits per heavy atom. The van der Waals surface area contributed by atoms with Crippen LogP contribution in [0, 0.1) is 11.8 Å². The van der Waals surface area contributed by atoms with Gasteiger partial charge in [0.1, 0.15) is 0 Å². The van der Waals surface area contributed by atoms with Crippen LogP contribution in [0.3, 0.4) is 0 Å². The second-order valence-electron chi connectivity index (χ2n) is 5.00. The molecule has 0 aromatic heterocycles. The van der Waals surface area contributed by atoms with Crippen LogP contribution in [0.4, 0.5) is 0 Å². The molecular weight excluding hydrogens is 212 g/mol. The zero-order valence-corrected chi connectivity index (χ0v) is 11.6. The van der Waals surface area contributed by atoms with Crippen molar-refractivity contribution in [2.24, 2.45) is 23.3 Å². The third-order valence-electron chi connectivity index (χ3n) is 3.53. The van der Waals surface area contributed by atoms with Crippen molar-refractivity contribution in [3.05, 3.63) is 0 Å². The van der Waals surface area contributed by atoms with Crippen LogP contribution in [0.15, 0.2) is 0 Å². The van der Waals surface area contributed by atoms with E-state index in [0.29, 0.717) is 6.54 Å². The number of carbonyl (C=O) groups excluding carboxylic acids is 1. The number of primary amides is 1. The monoisotopic (exact) mass is 242 g/mol. The summed E-state index contributed by atoms with van der Waals surface area (Å²) in [5, 5.41) is 0. The lowest BCUT2D eigenvalue weighted by Crippen LogP contribution is -2.34. The minimum absolute atomic E-state index is 0.0107. The van der Waals surface area contributed by atoms with Gasteiger partial charge < -0.3 is 11.5 Å². The minimum atomic E-state index is -0.159. The summed E-state index contributed by atoms with van der Waals surface area (Å²) in [5.74, 6) is 0.118. The molecule has 0 aromatic carbocycles. The lowest BCUT2D eigenvalue weighted by Gasteiger charge is -2.23. The van der Waals surface area contributed by atoms with Crippen LogP contribution in [-0.4, -0.2) is 12.5 Å². The van der Waals surface area contributed by atoms with E-state index >= 15 is 0 Å². The lowest BCUT2D eigenvalue weighted by atomic mass is 9.83. The first-order valence-electron chi connectivity index (χ1n) is 7.16. The first kappa shape index (κ1) is 16.4. The molecule has 3 heteroatoms. The van der Waals surface area contributed by atoms with E-state index < -0.39 is 0 Å². The van der Waals surface area contributed by atoms with E-state index in [1.807, 2.05) is 0 Å². The standard InChI is InChI=1S/C14H30N2O/c1-3-5-7-9-12(11-15)13(14(16)17)10-8-6-4-2/h12-13H,3-11,15H2,1-2H3,(H2,16,17). The van der Waals surface area contributed by atoms with Gasteiger partial charge in [-0.25, -0.2) is 0 Å². The Kier molecular flexibility index (Phi) is 10.2. The molecule has 0 aliphatic heterocycles. The second-order valence-corrected chi connectivity index (χ2v) is 5.00. The SMILES string of the molecule is CCCCCC(CN)C(CCCCC)C(N)=O. The molecule has 0 aliphatic carbocycles. The summed E-state index contributed by atoms with van der Waals surface area (Å²) in [6.07, 6.45) is 8.99. The van der Waals surface area contributed by atoms with E-state index in [0.717, 1.165) is 25.7 Å². The van der Waals surface area contributed by atoms with Crippen LogP contribution in [0.2, 0.25) is 0 Å². The van der Waals surface area contributed by atoms with Crippen molar-refractivity contribution >= 4 is 5.91 Å². The lowest BCUT2D eigenvalue weighted by molar-refractivity contribution is -0.123. The van der Waals surface area contributed by atoms with Crippen molar-refractivity contribution in [3.63, 3.8) is 0 Å². The third-order valence-corrected chi connectivity index (χ3v) is 3.53. The number of nitrogens with two attached hydrogens (primary N) is 2.